The van der Waals surface area contributed by atoms with Gasteiger partial charge in [0.05, 0.1) is 12.6 Å². The van der Waals surface area contributed by atoms with E-state index in [1.807, 2.05) is 6.92 Å². The summed E-state index contributed by atoms with van der Waals surface area (Å²) in [4.78, 5) is 4.27. The molecule has 0 saturated heterocycles. The molecule has 0 aliphatic heterocycles. The Morgan fingerprint density at radius 2 is 1.70 bits per heavy atom. The minimum Gasteiger partial charge on any atom is -0.386 e. The normalized spacial score (nSPS) is 12.3. The van der Waals surface area contributed by atoms with Crippen molar-refractivity contribution in [1.82, 2.24) is 10.6 Å². The molecule has 8 heteroatoms. The third kappa shape index (κ3) is 7.76. The molecule has 4 nitrogen and oxygen atoms in total. The highest BCUT2D eigenvalue weighted by atomic mass is 127. The van der Waals surface area contributed by atoms with Gasteiger partial charge in [0.25, 0.3) is 0 Å². The van der Waals surface area contributed by atoms with E-state index >= 15 is 0 Å². The van der Waals surface area contributed by atoms with Crippen LogP contribution >= 0.6 is 24.0 Å². The minimum absolute atomic E-state index is 0. The van der Waals surface area contributed by atoms with E-state index in [0.717, 1.165) is 12.1 Å². The zero-order chi connectivity index (χ0) is 18.9. The highest BCUT2D eigenvalue weighted by Crippen LogP contribution is 2.13. The monoisotopic (exact) mass is 493 g/mol. The van der Waals surface area contributed by atoms with Crippen molar-refractivity contribution in [3.05, 3.63) is 71.0 Å². The fourth-order valence-electron chi connectivity index (χ4n) is 2.36. The van der Waals surface area contributed by atoms with E-state index in [1.54, 1.807) is 0 Å². The number of guanidine groups is 1. The number of aliphatic imine (C=N–C) groups is 1. The lowest BCUT2D eigenvalue weighted by molar-refractivity contribution is 0.187. The highest BCUT2D eigenvalue weighted by Gasteiger charge is 2.08. The van der Waals surface area contributed by atoms with Gasteiger partial charge in [0.2, 0.25) is 0 Å². The number of aliphatic hydroxyl groups excluding tert-OH is 1. The van der Waals surface area contributed by atoms with Crippen LogP contribution in [0.3, 0.4) is 0 Å². The number of hydrogen-bond donors (Lipinski definition) is 3. The molecule has 2 aromatic rings. The van der Waals surface area contributed by atoms with Crippen molar-refractivity contribution >= 4 is 29.9 Å². The van der Waals surface area contributed by atoms with Crippen LogP contribution in [-0.4, -0.2) is 30.7 Å². The standard InChI is InChI=1S/C19H22F3N3O.HI/c1-2-23-19(24-10-9-14-11-16(21)7-8-17(14)22)25-12-18(26)13-3-5-15(20)6-4-13;/h3-8,11,18,26H,2,9-10,12H2,1H3,(H2,23,24,25);1H. The molecule has 3 N–H and O–H groups in total. The number of nitrogens with one attached hydrogen (secondary N) is 2. The lowest BCUT2D eigenvalue weighted by atomic mass is 10.1. The van der Waals surface area contributed by atoms with Crippen LogP contribution in [0, 0.1) is 17.5 Å². The molecule has 0 fully saturated rings. The molecule has 0 radical (unpaired) electrons. The van der Waals surface area contributed by atoms with E-state index in [4.69, 9.17) is 0 Å². The fourth-order valence-corrected chi connectivity index (χ4v) is 2.36. The summed E-state index contributed by atoms with van der Waals surface area (Å²) in [5.41, 5.74) is 0.840. The molecular weight excluding hydrogens is 470 g/mol. The predicted molar refractivity (Wildman–Crippen MR) is 111 cm³/mol. The van der Waals surface area contributed by atoms with E-state index in [-0.39, 0.29) is 48.3 Å². The number of aliphatic hydroxyl groups is 1. The van der Waals surface area contributed by atoms with Crippen LogP contribution in [0.2, 0.25) is 0 Å². The second kappa shape index (κ2) is 11.8. The van der Waals surface area contributed by atoms with Gasteiger partial charge in [-0.3, -0.25) is 4.99 Å². The summed E-state index contributed by atoms with van der Waals surface area (Å²) in [6, 6.07) is 8.90. The molecule has 0 heterocycles. The molecular formula is C19H23F3IN3O. The highest BCUT2D eigenvalue weighted by molar-refractivity contribution is 14.0. The van der Waals surface area contributed by atoms with Crippen molar-refractivity contribution in [2.24, 2.45) is 4.99 Å². The number of nitrogens with zero attached hydrogens (tertiary/aromatic N) is 1. The Morgan fingerprint density at radius 3 is 2.37 bits per heavy atom. The topological polar surface area (TPSA) is 56.7 Å². The molecule has 1 unspecified atom stereocenters. The fraction of sp³-hybridized carbons (Fsp3) is 0.316. The Bertz CT molecular complexity index is 741. The van der Waals surface area contributed by atoms with Crippen molar-refractivity contribution in [1.29, 1.82) is 0 Å². The molecule has 0 aliphatic rings. The zero-order valence-electron chi connectivity index (χ0n) is 14.9. The van der Waals surface area contributed by atoms with Gasteiger partial charge < -0.3 is 15.7 Å². The van der Waals surface area contributed by atoms with Crippen LogP contribution in [0.25, 0.3) is 0 Å². The first-order valence-corrected chi connectivity index (χ1v) is 8.39. The average Bonchev–Trinajstić information content (AvgIpc) is 2.63. The van der Waals surface area contributed by atoms with Gasteiger partial charge in [-0.2, -0.15) is 0 Å². The van der Waals surface area contributed by atoms with Crippen LogP contribution < -0.4 is 10.6 Å². The van der Waals surface area contributed by atoms with Crippen LogP contribution in [0.5, 0.6) is 0 Å². The van der Waals surface area contributed by atoms with Crippen LogP contribution in [0.1, 0.15) is 24.2 Å². The zero-order valence-corrected chi connectivity index (χ0v) is 17.2. The number of rotatable bonds is 7. The van der Waals surface area contributed by atoms with Gasteiger partial charge in [0.1, 0.15) is 17.5 Å². The third-order valence-corrected chi connectivity index (χ3v) is 3.72. The maximum atomic E-state index is 13.6. The summed E-state index contributed by atoms with van der Waals surface area (Å²) in [6.45, 7) is 2.92. The summed E-state index contributed by atoms with van der Waals surface area (Å²) < 4.78 is 39.7. The minimum atomic E-state index is -0.869. The van der Waals surface area contributed by atoms with Crippen molar-refractivity contribution in [2.75, 3.05) is 19.6 Å². The summed E-state index contributed by atoms with van der Waals surface area (Å²) in [7, 11) is 0. The Kier molecular flexibility index (Phi) is 10.2. The molecule has 0 saturated carbocycles. The molecule has 0 aliphatic carbocycles. The summed E-state index contributed by atoms with van der Waals surface area (Å²) in [5, 5.41) is 16.1. The van der Waals surface area contributed by atoms with E-state index in [9.17, 15) is 18.3 Å². The third-order valence-electron chi connectivity index (χ3n) is 3.72. The van der Waals surface area contributed by atoms with Crippen LogP contribution in [0.4, 0.5) is 13.2 Å². The van der Waals surface area contributed by atoms with Gasteiger partial charge in [0.15, 0.2) is 5.96 Å². The Hall–Kier alpha value is -1.81. The first kappa shape index (κ1) is 23.2. The summed E-state index contributed by atoms with van der Waals surface area (Å²) in [5.74, 6) is -0.860. The van der Waals surface area contributed by atoms with Crippen LogP contribution in [0.15, 0.2) is 47.5 Å². The maximum Gasteiger partial charge on any atom is 0.191 e. The molecule has 0 aromatic heterocycles. The van der Waals surface area contributed by atoms with Gasteiger partial charge >= 0.3 is 0 Å². The van der Waals surface area contributed by atoms with Crippen molar-refractivity contribution in [3.8, 4) is 0 Å². The molecule has 2 aromatic carbocycles. The molecule has 27 heavy (non-hydrogen) atoms. The van der Waals surface area contributed by atoms with Gasteiger partial charge in [-0.1, -0.05) is 12.1 Å². The van der Waals surface area contributed by atoms with Gasteiger partial charge in [-0.25, -0.2) is 13.2 Å². The molecule has 0 amide bonds. The van der Waals surface area contributed by atoms with E-state index in [2.05, 4.69) is 15.6 Å². The Labute approximate surface area is 173 Å². The molecule has 2 rings (SSSR count). The second-order valence-corrected chi connectivity index (χ2v) is 5.70. The van der Waals surface area contributed by atoms with Gasteiger partial charge in [-0.15, -0.1) is 24.0 Å². The Morgan fingerprint density at radius 1 is 1.04 bits per heavy atom. The summed E-state index contributed by atoms with van der Waals surface area (Å²) in [6.07, 6.45) is -0.583. The van der Waals surface area contributed by atoms with E-state index in [1.165, 1.54) is 30.3 Å². The van der Waals surface area contributed by atoms with Crippen molar-refractivity contribution in [2.45, 2.75) is 19.4 Å². The number of benzene rings is 2. The SMILES string of the molecule is CCNC(=NCC(O)c1ccc(F)cc1)NCCc1cc(F)ccc1F.I. The molecule has 148 valence electrons. The van der Waals surface area contributed by atoms with Crippen molar-refractivity contribution in [3.63, 3.8) is 0 Å². The molecule has 0 spiro atoms. The van der Waals surface area contributed by atoms with E-state index in [0.29, 0.717) is 24.6 Å². The van der Waals surface area contributed by atoms with Crippen molar-refractivity contribution < 1.29 is 18.3 Å². The number of halogens is 4. The summed E-state index contributed by atoms with van der Waals surface area (Å²) >= 11 is 0. The smallest absolute Gasteiger partial charge is 0.191 e. The number of hydrogen-bond acceptors (Lipinski definition) is 2. The van der Waals surface area contributed by atoms with E-state index < -0.39 is 17.7 Å². The quantitative estimate of drug-likeness (QED) is 0.314. The first-order valence-electron chi connectivity index (χ1n) is 8.39. The molecule has 1 atom stereocenters. The van der Waals surface area contributed by atoms with Gasteiger partial charge in [-0.05, 0) is 54.8 Å². The second-order valence-electron chi connectivity index (χ2n) is 5.70. The largest absolute Gasteiger partial charge is 0.386 e. The van der Waals surface area contributed by atoms with Crippen LogP contribution in [-0.2, 0) is 6.42 Å². The first-order chi connectivity index (χ1) is 12.5. The maximum absolute atomic E-state index is 13.6. The lowest BCUT2D eigenvalue weighted by Crippen LogP contribution is -2.38. The molecule has 0 bridgehead atoms. The predicted octanol–water partition coefficient (Wildman–Crippen LogP) is 3.55. The Balaban J connectivity index is 0.00000364. The lowest BCUT2D eigenvalue weighted by Gasteiger charge is -2.13. The average molecular weight is 493 g/mol. The van der Waals surface area contributed by atoms with Gasteiger partial charge in [0, 0.05) is 13.1 Å².